The zero-order chi connectivity index (χ0) is 15.8. The SMILES string of the molecule is O=C(Cn1nc2c3sccc3ncn2c1=O)Nc1ccccc1. The van der Waals surface area contributed by atoms with Crippen molar-refractivity contribution in [3.05, 3.63) is 58.6 Å². The summed E-state index contributed by atoms with van der Waals surface area (Å²) in [7, 11) is 0. The van der Waals surface area contributed by atoms with Gasteiger partial charge >= 0.3 is 5.69 Å². The van der Waals surface area contributed by atoms with Gasteiger partial charge in [-0.25, -0.2) is 18.9 Å². The maximum absolute atomic E-state index is 12.3. The van der Waals surface area contributed by atoms with Crippen molar-refractivity contribution in [1.82, 2.24) is 19.2 Å². The molecule has 1 amide bonds. The fourth-order valence-electron chi connectivity index (χ4n) is 2.33. The van der Waals surface area contributed by atoms with Crippen molar-refractivity contribution < 1.29 is 4.79 Å². The van der Waals surface area contributed by atoms with Crippen LogP contribution in [0.5, 0.6) is 0 Å². The minimum Gasteiger partial charge on any atom is -0.324 e. The molecule has 3 aromatic heterocycles. The van der Waals surface area contributed by atoms with Crippen molar-refractivity contribution in [3.63, 3.8) is 0 Å². The quantitative estimate of drug-likeness (QED) is 0.622. The number of carbonyl (C=O) groups excluding carboxylic acids is 1. The van der Waals surface area contributed by atoms with Gasteiger partial charge in [-0.05, 0) is 23.6 Å². The molecule has 4 rings (SSSR count). The highest BCUT2D eigenvalue weighted by molar-refractivity contribution is 7.17. The van der Waals surface area contributed by atoms with Crippen LogP contribution in [0.4, 0.5) is 5.69 Å². The number of nitrogens with one attached hydrogen (secondary N) is 1. The molecule has 1 aromatic carbocycles. The van der Waals surface area contributed by atoms with Crippen LogP contribution in [0.2, 0.25) is 0 Å². The Bertz CT molecular complexity index is 1060. The van der Waals surface area contributed by atoms with Crippen LogP contribution >= 0.6 is 11.3 Å². The maximum atomic E-state index is 12.3. The number of thiophene rings is 1. The number of hydrogen-bond donors (Lipinski definition) is 1. The fourth-order valence-corrected chi connectivity index (χ4v) is 3.15. The van der Waals surface area contributed by atoms with Crippen LogP contribution in [0.3, 0.4) is 0 Å². The van der Waals surface area contributed by atoms with Gasteiger partial charge in [-0.3, -0.25) is 4.79 Å². The summed E-state index contributed by atoms with van der Waals surface area (Å²) in [6, 6.07) is 10.9. The van der Waals surface area contributed by atoms with Crippen LogP contribution in [0.25, 0.3) is 15.9 Å². The smallest absolute Gasteiger partial charge is 0.324 e. The highest BCUT2D eigenvalue weighted by Gasteiger charge is 2.14. The first-order valence-corrected chi connectivity index (χ1v) is 7.76. The lowest BCUT2D eigenvalue weighted by Gasteiger charge is -2.03. The highest BCUT2D eigenvalue weighted by atomic mass is 32.1. The molecule has 4 aromatic rings. The third-order valence-electron chi connectivity index (χ3n) is 3.38. The van der Waals surface area contributed by atoms with Crippen molar-refractivity contribution >= 4 is 38.8 Å². The number of carbonyl (C=O) groups is 1. The van der Waals surface area contributed by atoms with Crippen molar-refractivity contribution in [3.8, 4) is 0 Å². The highest BCUT2D eigenvalue weighted by Crippen LogP contribution is 2.21. The monoisotopic (exact) mass is 325 g/mol. The van der Waals surface area contributed by atoms with Crippen molar-refractivity contribution in [2.45, 2.75) is 6.54 Å². The normalized spacial score (nSPS) is 11.1. The van der Waals surface area contributed by atoms with E-state index in [1.165, 1.54) is 22.1 Å². The largest absolute Gasteiger partial charge is 0.352 e. The molecule has 0 unspecified atom stereocenters. The molecule has 7 nitrogen and oxygen atoms in total. The van der Waals surface area contributed by atoms with Crippen LogP contribution in [0.1, 0.15) is 0 Å². The Balaban J connectivity index is 1.67. The third kappa shape index (κ3) is 2.38. The number of benzene rings is 1. The molecule has 1 N–H and O–H groups in total. The number of aromatic nitrogens is 4. The van der Waals surface area contributed by atoms with E-state index >= 15 is 0 Å². The van der Waals surface area contributed by atoms with Crippen LogP contribution in [0, 0.1) is 0 Å². The zero-order valence-corrected chi connectivity index (χ0v) is 12.7. The second kappa shape index (κ2) is 5.33. The average molecular weight is 325 g/mol. The van der Waals surface area contributed by atoms with Gasteiger partial charge in [0.15, 0.2) is 5.65 Å². The van der Waals surface area contributed by atoms with Gasteiger partial charge in [0, 0.05) is 5.69 Å². The molecule has 0 spiro atoms. The zero-order valence-electron chi connectivity index (χ0n) is 11.8. The Morgan fingerprint density at radius 1 is 1.22 bits per heavy atom. The van der Waals surface area contributed by atoms with Crippen molar-refractivity contribution in [2.24, 2.45) is 0 Å². The molecule has 0 radical (unpaired) electrons. The number of para-hydroxylation sites is 1. The number of fused-ring (bicyclic) bond motifs is 3. The summed E-state index contributed by atoms with van der Waals surface area (Å²) in [5.41, 5.74) is 1.60. The molecule has 0 saturated heterocycles. The summed E-state index contributed by atoms with van der Waals surface area (Å²) in [6.07, 6.45) is 1.44. The van der Waals surface area contributed by atoms with E-state index in [2.05, 4.69) is 15.4 Å². The number of amides is 1. The first-order valence-electron chi connectivity index (χ1n) is 6.88. The molecule has 0 fully saturated rings. The Labute approximate surface area is 133 Å². The Morgan fingerprint density at radius 3 is 2.87 bits per heavy atom. The Morgan fingerprint density at radius 2 is 2.04 bits per heavy atom. The van der Waals surface area contributed by atoms with E-state index in [1.807, 2.05) is 29.6 Å². The molecule has 0 aliphatic heterocycles. The number of nitrogens with zero attached hydrogens (tertiary/aromatic N) is 4. The lowest BCUT2D eigenvalue weighted by molar-refractivity contribution is -0.117. The average Bonchev–Trinajstić information content (AvgIpc) is 3.14. The van der Waals surface area contributed by atoms with Gasteiger partial charge in [-0.2, -0.15) is 0 Å². The number of rotatable bonds is 3. The summed E-state index contributed by atoms with van der Waals surface area (Å²) in [5.74, 6) is -0.308. The Hall–Kier alpha value is -3.00. The van der Waals surface area contributed by atoms with E-state index in [0.717, 1.165) is 14.9 Å². The molecule has 0 saturated carbocycles. The molecule has 0 aliphatic rings. The minimum absolute atomic E-state index is 0.151. The van der Waals surface area contributed by atoms with E-state index in [-0.39, 0.29) is 18.1 Å². The molecule has 0 bridgehead atoms. The summed E-state index contributed by atoms with van der Waals surface area (Å²) in [6.45, 7) is -0.151. The van der Waals surface area contributed by atoms with Gasteiger partial charge in [0.25, 0.3) is 0 Å². The first kappa shape index (κ1) is 13.6. The van der Waals surface area contributed by atoms with E-state index < -0.39 is 0 Å². The van der Waals surface area contributed by atoms with Gasteiger partial charge in [0.05, 0.1) is 10.2 Å². The summed E-state index contributed by atoms with van der Waals surface area (Å²) >= 11 is 1.46. The summed E-state index contributed by atoms with van der Waals surface area (Å²) in [4.78, 5) is 28.6. The van der Waals surface area contributed by atoms with Gasteiger partial charge < -0.3 is 5.32 Å². The van der Waals surface area contributed by atoms with Gasteiger partial charge in [0.1, 0.15) is 12.9 Å². The third-order valence-corrected chi connectivity index (χ3v) is 4.28. The molecule has 0 atom stereocenters. The van der Waals surface area contributed by atoms with E-state index in [9.17, 15) is 9.59 Å². The van der Waals surface area contributed by atoms with Crippen LogP contribution < -0.4 is 11.0 Å². The molecule has 23 heavy (non-hydrogen) atoms. The molecule has 8 heteroatoms. The lowest BCUT2D eigenvalue weighted by atomic mass is 10.3. The molecular weight excluding hydrogens is 314 g/mol. The Kier molecular flexibility index (Phi) is 3.16. The molecule has 3 heterocycles. The molecule has 0 aliphatic carbocycles. The summed E-state index contributed by atoms with van der Waals surface area (Å²) < 4.78 is 3.33. The molecular formula is C15H11N5O2S. The van der Waals surface area contributed by atoms with E-state index in [0.29, 0.717) is 11.3 Å². The lowest BCUT2D eigenvalue weighted by Crippen LogP contribution is -2.28. The van der Waals surface area contributed by atoms with Crippen LogP contribution in [0.15, 0.2) is 52.9 Å². The standard InChI is InChI=1S/C15H11N5O2S/c21-12(17-10-4-2-1-3-5-10)8-20-15(22)19-9-16-11-6-7-23-13(11)14(19)18-20/h1-7,9H,8H2,(H,17,21). The second-order valence-corrected chi connectivity index (χ2v) is 5.84. The predicted octanol–water partition coefficient (Wildman–Crippen LogP) is 1.74. The van der Waals surface area contributed by atoms with E-state index in [4.69, 9.17) is 0 Å². The van der Waals surface area contributed by atoms with Gasteiger partial charge in [-0.15, -0.1) is 16.4 Å². The first-order chi connectivity index (χ1) is 11.2. The van der Waals surface area contributed by atoms with Gasteiger partial charge in [0.2, 0.25) is 5.91 Å². The van der Waals surface area contributed by atoms with Crippen molar-refractivity contribution in [2.75, 3.05) is 5.32 Å². The molecule has 114 valence electrons. The van der Waals surface area contributed by atoms with Crippen LogP contribution in [-0.4, -0.2) is 25.1 Å². The number of anilines is 1. The van der Waals surface area contributed by atoms with Gasteiger partial charge in [-0.1, -0.05) is 18.2 Å². The minimum atomic E-state index is -0.383. The topological polar surface area (TPSA) is 81.3 Å². The number of hydrogen-bond acceptors (Lipinski definition) is 5. The second-order valence-electron chi connectivity index (χ2n) is 4.93. The predicted molar refractivity (Wildman–Crippen MR) is 87.7 cm³/mol. The fraction of sp³-hybridized carbons (Fsp3) is 0.0667. The van der Waals surface area contributed by atoms with Crippen LogP contribution in [-0.2, 0) is 11.3 Å². The van der Waals surface area contributed by atoms with Crippen molar-refractivity contribution in [1.29, 1.82) is 0 Å². The maximum Gasteiger partial charge on any atom is 0.352 e. The van der Waals surface area contributed by atoms with E-state index in [1.54, 1.807) is 12.1 Å². The summed E-state index contributed by atoms with van der Waals surface area (Å²) in [5, 5.41) is 8.90.